The van der Waals surface area contributed by atoms with Crippen molar-refractivity contribution in [2.75, 3.05) is 6.61 Å². The van der Waals surface area contributed by atoms with Gasteiger partial charge in [-0.05, 0) is 47.4 Å². The number of aliphatic hydroxyl groups is 1. The lowest BCUT2D eigenvalue weighted by atomic mass is 9.95. The van der Waals surface area contributed by atoms with Crippen molar-refractivity contribution in [3.05, 3.63) is 48.0 Å². The summed E-state index contributed by atoms with van der Waals surface area (Å²) in [5, 5.41) is 17.5. The van der Waals surface area contributed by atoms with Gasteiger partial charge in [-0.3, -0.25) is 9.59 Å². The largest absolute Gasteiger partial charge is 0.394 e. The zero-order valence-corrected chi connectivity index (χ0v) is 15.4. The van der Waals surface area contributed by atoms with Crippen LogP contribution < -0.4 is 10.6 Å². The van der Waals surface area contributed by atoms with Crippen molar-refractivity contribution in [2.45, 2.75) is 44.2 Å². The van der Waals surface area contributed by atoms with Crippen LogP contribution in [0.1, 0.15) is 31.2 Å². The molecule has 3 N–H and O–H groups in total. The zero-order valence-electron chi connectivity index (χ0n) is 15.4. The predicted octanol–water partition coefficient (Wildman–Crippen LogP) is 2.16. The first kappa shape index (κ1) is 18.0. The molecule has 0 spiro atoms. The van der Waals surface area contributed by atoms with Crippen LogP contribution in [0.2, 0.25) is 0 Å². The molecule has 0 heterocycles. The lowest BCUT2D eigenvalue weighted by Gasteiger charge is -2.25. The first-order valence-corrected chi connectivity index (χ1v) is 9.80. The standard InChI is InChI=1S/C22H26N2O3/c25-13-20(22(27)24-19-11-14-6-8-18(19)10-14)23-21(26)12-15-5-7-16-3-1-2-4-17(16)9-15/h1-5,7,9,14,18-20,25H,6,8,10-13H2,(H,23,26)(H,24,27). The van der Waals surface area contributed by atoms with E-state index in [4.69, 9.17) is 0 Å². The van der Waals surface area contributed by atoms with Gasteiger partial charge >= 0.3 is 0 Å². The minimum absolute atomic E-state index is 0.183. The van der Waals surface area contributed by atoms with Gasteiger partial charge in [-0.1, -0.05) is 48.9 Å². The van der Waals surface area contributed by atoms with E-state index in [2.05, 4.69) is 10.6 Å². The molecule has 0 radical (unpaired) electrons. The van der Waals surface area contributed by atoms with E-state index in [1.807, 2.05) is 42.5 Å². The van der Waals surface area contributed by atoms with E-state index in [9.17, 15) is 14.7 Å². The van der Waals surface area contributed by atoms with Gasteiger partial charge in [0.15, 0.2) is 0 Å². The fraction of sp³-hybridized carbons (Fsp3) is 0.455. The average Bonchev–Trinajstić information content (AvgIpc) is 3.29. The van der Waals surface area contributed by atoms with E-state index in [1.54, 1.807) is 0 Å². The molecule has 2 aromatic rings. The van der Waals surface area contributed by atoms with Gasteiger partial charge in [0.1, 0.15) is 6.04 Å². The number of aliphatic hydroxyl groups excluding tert-OH is 1. The molecule has 142 valence electrons. The second kappa shape index (κ2) is 7.69. The molecule has 2 saturated carbocycles. The molecule has 2 aliphatic carbocycles. The molecule has 4 unspecified atom stereocenters. The Morgan fingerprint density at radius 2 is 1.89 bits per heavy atom. The Bertz CT molecular complexity index is 850. The van der Waals surface area contributed by atoms with Crippen LogP contribution in [0.15, 0.2) is 42.5 Å². The van der Waals surface area contributed by atoms with Crippen molar-refractivity contribution in [2.24, 2.45) is 11.8 Å². The van der Waals surface area contributed by atoms with E-state index in [0.29, 0.717) is 5.92 Å². The van der Waals surface area contributed by atoms with Crippen LogP contribution >= 0.6 is 0 Å². The molecule has 27 heavy (non-hydrogen) atoms. The number of carbonyl (C=O) groups is 2. The molecular formula is C22H26N2O3. The van der Waals surface area contributed by atoms with Crippen molar-refractivity contribution in [3.63, 3.8) is 0 Å². The molecule has 2 bridgehead atoms. The number of amides is 2. The van der Waals surface area contributed by atoms with Crippen LogP contribution in [-0.2, 0) is 16.0 Å². The summed E-state index contributed by atoms with van der Waals surface area (Å²) in [5.74, 6) is 0.760. The molecule has 0 aromatic heterocycles. The third-order valence-corrected chi connectivity index (χ3v) is 6.08. The Morgan fingerprint density at radius 1 is 1.07 bits per heavy atom. The second-order valence-electron chi connectivity index (χ2n) is 7.95. The van der Waals surface area contributed by atoms with Crippen molar-refractivity contribution < 1.29 is 14.7 Å². The third-order valence-electron chi connectivity index (χ3n) is 6.08. The van der Waals surface area contributed by atoms with Gasteiger partial charge in [0.25, 0.3) is 0 Å². The van der Waals surface area contributed by atoms with Gasteiger partial charge in [0.2, 0.25) is 11.8 Å². The van der Waals surface area contributed by atoms with Gasteiger partial charge in [0.05, 0.1) is 13.0 Å². The van der Waals surface area contributed by atoms with Crippen molar-refractivity contribution in [3.8, 4) is 0 Å². The molecule has 4 rings (SSSR count). The minimum atomic E-state index is -0.892. The maximum atomic E-state index is 12.5. The van der Waals surface area contributed by atoms with Crippen molar-refractivity contribution in [1.82, 2.24) is 10.6 Å². The summed E-state index contributed by atoms with van der Waals surface area (Å²) in [6.07, 6.45) is 4.85. The molecule has 5 nitrogen and oxygen atoms in total. The van der Waals surface area contributed by atoms with E-state index in [-0.39, 0.29) is 24.3 Å². The fourth-order valence-corrected chi connectivity index (χ4v) is 4.68. The highest BCUT2D eigenvalue weighted by molar-refractivity contribution is 5.89. The summed E-state index contributed by atoms with van der Waals surface area (Å²) in [6, 6.07) is 13.2. The topological polar surface area (TPSA) is 78.4 Å². The van der Waals surface area contributed by atoms with Gasteiger partial charge in [-0.15, -0.1) is 0 Å². The Morgan fingerprint density at radius 3 is 2.59 bits per heavy atom. The van der Waals surface area contributed by atoms with Crippen LogP contribution in [-0.4, -0.2) is 35.6 Å². The summed E-state index contributed by atoms with van der Waals surface area (Å²) in [5.41, 5.74) is 0.886. The molecule has 5 heteroatoms. The molecule has 0 aliphatic heterocycles. The van der Waals surface area contributed by atoms with Crippen molar-refractivity contribution >= 4 is 22.6 Å². The molecule has 2 amide bonds. The first-order valence-electron chi connectivity index (χ1n) is 9.80. The van der Waals surface area contributed by atoms with E-state index in [0.717, 1.165) is 28.7 Å². The highest BCUT2D eigenvalue weighted by atomic mass is 16.3. The zero-order chi connectivity index (χ0) is 18.8. The lowest BCUT2D eigenvalue weighted by molar-refractivity contribution is -0.130. The molecule has 2 aromatic carbocycles. The van der Waals surface area contributed by atoms with Crippen LogP contribution in [0, 0.1) is 11.8 Å². The monoisotopic (exact) mass is 366 g/mol. The lowest BCUT2D eigenvalue weighted by Crippen LogP contribution is -2.52. The summed E-state index contributed by atoms with van der Waals surface area (Å²) in [6.45, 7) is -0.393. The van der Waals surface area contributed by atoms with Crippen molar-refractivity contribution in [1.29, 1.82) is 0 Å². The number of hydrogen-bond acceptors (Lipinski definition) is 3. The maximum absolute atomic E-state index is 12.5. The predicted molar refractivity (Wildman–Crippen MR) is 104 cm³/mol. The number of benzene rings is 2. The molecule has 2 fully saturated rings. The molecule has 2 aliphatic rings. The fourth-order valence-electron chi connectivity index (χ4n) is 4.68. The van der Waals surface area contributed by atoms with Crippen LogP contribution in [0.25, 0.3) is 10.8 Å². The van der Waals surface area contributed by atoms with Crippen LogP contribution in [0.4, 0.5) is 0 Å². The van der Waals surface area contributed by atoms with Gasteiger partial charge < -0.3 is 15.7 Å². The molecule has 4 atom stereocenters. The number of hydrogen-bond donors (Lipinski definition) is 3. The normalized spacial score (nSPS) is 24.7. The molecule has 0 saturated heterocycles. The number of fused-ring (bicyclic) bond motifs is 3. The number of nitrogens with one attached hydrogen (secondary N) is 2. The smallest absolute Gasteiger partial charge is 0.245 e. The van der Waals surface area contributed by atoms with E-state index in [1.165, 1.54) is 19.3 Å². The highest BCUT2D eigenvalue weighted by Crippen LogP contribution is 2.44. The molecular weight excluding hydrogens is 340 g/mol. The van der Waals surface area contributed by atoms with E-state index < -0.39 is 12.6 Å². The van der Waals surface area contributed by atoms with Gasteiger partial charge in [0, 0.05) is 6.04 Å². The van der Waals surface area contributed by atoms with Gasteiger partial charge in [-0.2, -0.15) is 0 Å². The van der Waals surface area contributed by atoms with Crippen LogP contribution in [0.5, 0.6) is 0 Å². The first-order chi connectivity index (χ1) is 13.1. The number of carbonyl (C=O) groups excluding carboxylic acids is 2. The Hall–Kier alpha value is -2.40. The highest BCUT2D eigenvalue weighted by Gasteiger charge is 2.40. The average molecular weight is 366 g/mol. The summed E-state index contributed by atoms with van der Waals surface area (Å²) < 4.78 is 0. The van der Waals surface area contributed by atoms with Gasteiger partial charge in [-0.25, -0.2) is 0 Å². The second-order valence-corrected chi connectivity index (χ2v) is 7.95. The summed E-state index contributed by atoms with van der Waals surface area (Å²) in [4.78, 5) is 24.9. The summed E-state index contributed by atoms with van der Waals surface area (Å²) >= 11 is 0. The quantitative estimate of drug-likeness (QED) is 0.733. The maximum Gasteiger partial charge on any atom is 0.245 e. The van der Waals surface area contributed by atoms with Crippen LogP contribution in [0.3, 0.4) is 0 Å². The minimum Gasteiger partial charge on any atom is -0.394 e. The third kappa shape index (κ3) is 3.98. The van der Waals surface area contributed by atoms with E-state index >= 15 is 0 Å². The Labute approximate surface area is 159 Å². The Balaban J connectivity index is 1.34. The SMILES string of the molecule is O=C(Cc1ccc2ccccc2c1)NC(CO)C(=O)NC1CC2CCC1C2. The summed E-state index contributed by atoms with van der Waals surface area (Å²) in [7, 11) is 0. The Kier molecular flexibility index (Phi) is 5.12. The number of rotatable bonds is 6.